The average Bonchev–Trinajstić information content (AvgIpc) is 2.72. The average molecular weight is 289 g/mol. The number of nitrogens with one attached hydrogen (secondary N) is 1. The first-order valence-corrected chi connectivity index (χ1v) is 8.20. The van der Waals surface area contributed by atoms with Gasteiger partial charge < -0.3 is 10.2 Å². The Morgan fingerprint density at radius 1 is 1.47 bits per heavy atom. The lowest BCUT2D eigenvalue weighted by Gasteiger charge is -2.34. The number of aliphatic hydroxyl groups excluding tert-OH is 1. The minimum atomic E-state index is -0.739. The van der Waals surface area contributed by atoms with Gasteiger partial charge in [0.05, 0.1) is 6.61 Å². The van der Waals surface area contributed by atoms with E-state index in [-0.39, 0.29) is 23.8 Å². The summed E-state index contributed by atoms with van der Waals surface area (Å²) >= 11 is 1.72. The van der Waals surface area contributed by atoms with Gasteiger partial charge in [-0.15, -0.1) is 0 Å². The first-order valence-electron chi connectivity index (χ1n) is 7.16. The van der Waals surface area contributed by atoms with Crippen LogP contribution in [-0.2, 0) is 4.79 Å². The van der Waals surface area contributed by atoms with Crippen molar-refractivity contribution in [2.75, 3.05) is 12.4 Å². The summed E-state index contributed by atoms with van der Waals surface area (Å²) in [5, 5.41) is 22.2. The second-order valence-electron chi connectivity index (χ2n) is 5.82. The smallest absolute Gasteiger partial charge is 0.324 e. The van der Waals surface area contributed by atoms with Gasteiger partial charge in [-0.3, -0.25) is 10.1 Å². The van der Waals surface area contributed by atoms with Crippen LogP contribution in [0, 0.1) is 5.92 Å². The van der Waals surface area contributed by atoms with Gasteiger partial charge in [-0.25, -0.2) is 0 Å². The van der Waals surface area contributed by atoms with E-state index in [1.54, 1.807) is 11.8 Å². The van der Waals surface area contributed by atoms with E-state index in [0.29, 0.717) is 0 Å². The molecule has 5 heteroatoms. The van der Waals surface area contributed by atoms with Gasteiger partial charge in [0.1, 0.15) is 5.54 Å². The highest BCUT2D eigenvalue weighted by Gasteiger charge is 2.48. The molecule has 0 saturated heterocycles. The van der Waals surface area contributed by atoms with Crippen molar-refractivity contribution in [1.82, 2.24) is 5.32 Å². The van der Waals surface area contributed by atoms with Crippen LogP contribution in [0.25, 0.3) is 0 Å². The lowest BCUT2D eigenvalue weighted by atomic mass is 9.84. The summed E-state index contributed by atoms with van der Waals surface area (Å²) in [5.74, 6) is 0.413. The molecule has 0 bridgehead atoms. The molecule has 0 radical (unpaired) electrons. The third-order valence-corrected chi connectivity index (χ3v) is 5.06. The maximum absolute atomic E-state index is 11.7. The number of rotatable bonds is 8. The molecule has 0 aromatic rings. The van der Waals surface area contributed by atoms with E-state index in [1.807, 2.05) is 20.8 Å². The number of carboxylic acid groups (broad SMARTS) is 1. The Kier molecular flexibility index (Phi) is 6.63. The zero-order valence-corrected chi connectivity index (χ0v) is 13.0. The van der Waals surface area contributed by atoms with Crippen LogP contribution < -0.4 is 5.32 Å². The predicted octanol–water partition coefficient (Wildman–Crippen LogP) is 2.11. The molecule has 0 spiro atoms. The molecule has 1 fully saturated rings. The van der Waals surface area contributed by atoms with Crippen LogP contribution in [0.5, 0.6) is 0 Å². The Labute approximate surface area is 120 Å². The van der Waals surface area contributed by atoms with E-state index in [2.05, 4.69) is 5.32 Å². The molecule has 1 saturated carbocycles. The summed E-state index contributed by atoms with van der Waals surface area (Å²) in [6.07, 6.45) is 3.60. The zero-order valence-electron chi connectivity index (χ0n) is 12.2. The van der Waals surface area contributed by atoms with Gasteiger partial charge in [0, 0.05) is 11.3 Å². The molecule has 0 aromatic carbocycles. The normalized spacial score (nSPS) is 28.8. The second-order valence-corrected chi connectivity index (χ2v) is 7.36. The van der Waals surface area contributed by atoms with E-state index in [1.165, 1.54) is 0 Å². The van der Waals surface area contributed by atoms with E-state index < -0.39 is 11.5 Å². The molecular formula is C14H27NO3S. The third-order valence-electron chi connectivity index (χ3n) is 3.87. The van der Waals surface area contributed by atoms with E-state index >= 15 is 0 Å². The lowest BCUT2D eigenvalue weighted by molar-refractivity contribution is -0.147. The van der Waals surface area contributed by atoms with Crippen molar-refractivity contribution < 1.29 is 15.0 Å². The monoisotopic (exact) mass is 289 g/mol. The summed E-state index contributed by atoms with van der Waals surface area (Å²) in [6.45, 7) is 6.19. The van der Waals surface area contributed by atoms with E-state index in [4.69, 9.17) is 5.11 Å². The topological polar surface area (TPSA) is 69.6 Å². The van der Waals surface area contributed by atoms with Gasteiger partial charge in [-0.2, -0.15) is 11.8 Å². The molecule has 112 valence electrons. The van der Waals surface area contributed by atoms with Crippen molar-refractivity contribution in [2.45, 2.75) is 63.3 Å². The fourth-order valence-electron chi connectivity index (χ4n) is 2.98. The van der Waals surface area contributed by atoms with Crippen LogP contribution in [0.4, 0.5) is 0 Å². The second kappa shape index (κ2) is 7.50. The summed E-state index contributed by atoms with van der Waals surface area (Å²) in [7, 11) is 0. The highest BCUT2D eigenvalue weighted by molar-refractivity contribution is 7.99. The number of carbonyl (C=O) groups is 1. The minimum absolute atomic E-state index is 0.181. The van der Waals surface area contributed by atoms with E-state index in [0.717, 1.165) is 31.4 Å². The maximum atomic E-state index is 11.7. The molecule has 0 amide bonds. The number of aliphatic carboxylic acids is 1. The van der Waals surface area contributed by atoms with Crippen molar-refractivity contribution in [1.29, 1.82) is 0 Å². The summed E-state index contributed by atoms with van der Waals surface area (Å²) in [4.78, 5) is 11.7. The van der Waals surface area contributed by atoms with Gasteiger partial charge in [0.2, 0.25) is 0 Å². The van der Waals surface area contributed by atoms with Crippen LogP contribution >= 0.6 is 11.8 Å². The van der Waals surface area contributed by atoms with Gasteiger partial charge in [-0.1, -0.05) is 13.3 Å². The van der Waals surface area contributed by atoms with Crippen LogP contribution in [-0.4, -0.2) is 45.4 Å². The van der Waals surface area contributed by atoms with Crippen LogP contribution in [0.3, 0.4) is 0 Å². The van der Waals surface area contributed by atoms with Crippen LogP contribution in [0.15, 0.2) is 0 Å². The number of carboxylic acids is 1. The molecule has 0 aromatic heterocycles. The predicted molar refractivity (Wildman–Crippen MR) is 79.6 cm³/mol. The SMILES string of the molecule is CC(C)NC1(C(=O)O)CCCC1CCSC(C)CO. The van der Waals surface area contributed by atoms with Crippen molar-refractivity contribution in [3.8, 4) is 0 Å². The first kappa shape index (κ1) is 16.8. The van der Waals surface area contributed by atoms with E-state index in [9.17, 15) is 9.90 Å². The van der Waals surface area contributed by atoms with Crippen molar-refractivity contribution in [3.63, 3.8) is 0 Å². The molecule has 1 aliphatic rings. The van der Waals surface area contributed by atoms with Crippen LogP contribution in [0.2, 0.25) is 0 Å². The molecule has 3 atom stereocenters. The van der Waals surface area contributed by atoms with Gasteiger partial charge >= 0.3 is 5.97 Å². The third kappa shape index (κ3) is 4.36. The van der Waals surface area contributed by atoms with Crippen molar-refractivity contribution >= 4 is 17.7 Å². The highest BCUT2D eigenvalue weighted by atomic mass is 32.2. The molecule has 0 heterocycles. The Morgan fingerprint density at radius 2 is 2.16 bits per heavy atom. The molecule has 1 rings (SSSR count). The molecule has 4 nitrogen and oxygen atoms in total. The maximum Gasteiger partial charge on any atom is 0.324 e. The fraction of sp³-hybridized carbons (Fsp3) is 0.929. The largest absolute Gasteiger partial charge is 0.480 e. The Morgan fingerprint density at radius 3 is 2.68 bits per heavy atom. The first-order chi connectivity index (χ1) is 8.92. The Bertz CT molecular complexity index is 298. The standard InChI is InChI=1S/C14H27NO3S/c1-10(2)15-14(13(17)18)7-4-5-12(14)6-8-19-11(3)9-16/h10-12,15-16H,4-9H2,1-3H3,(H,17,18). The van der Waals surface area contributed by atoms with Gasteiger partial charge in [0.15, 0.2) is 0 Å². The fourth-order valence-corrected chi connectivity index (χ4v) is 3.91. The Hall–Kier alpha value is -0.260. The molecular weight excluding hydrogens is 262 g/mol. The summed E-state index contributed by atoms with van der Waals surface area (Å²) in [6, 6.07) is 0.181. The molecule has 3 N–H and O–H groups in total. The van der Waals surface area contributed by atoms with Gasteiger partial charge in [0.25, 0.3) is 0 Å². The number of hydrogen-bond acceptors (Lipinski definition) is 4. The summed E-state index contributed by atoms with van der Waals surface area (Å²) < 4.78 is 0. The quantitative estimate of drug-likeness (QED) is 0.638. The number of hydrogen-bond donors (Lipinski definition) is 3. The summed E-state index contributed by atoms with van der Waals surface area (Å²) in [5.41, 5.74) is -0.739. The highest BCUT2D eigenvalue weighted by Crippen LogP contribution is 2.39. The number of aliphatic hydroxyl groups is 1. The van der Waals surface area contributed by atoms with Crippen molar-refractivity contribution in [2.24, 2.45) is 5.92 Å². The number of thioether (sulfide) groups is 1. The molecule has 3 unspecified atom stereocenters. The molecule has 0 aliphatic heterocycles. The van der Waals surface area contributed by atoms with Gasteiger partial charge in [-0.05, 0) is 44.8 Å². The van der Waals surface area contributed by atoms with Crippen LogP contribution in [0.1, 0.15) is 46.5 Å². The minimum Gasteiger partial charge on any atom is -0.480 e. The van der Waals surface area contributed by atoms with Crippen molar-refractivity contribution in [3.05, 3.63) is 0 Å². The molecule has 19 heavy (non-hydrogen) atoms. The molecule has 1 aliphatic carbocycles. The Balaban J connectivity index is 2.61. The zero-order chi connectivity index (χ0) is 14.5. The lowest BCUT2D eigenvalue weighted by Crippen LogP contribution is -2.57.